The van der Waals surface area contributed by atoms with E-state index in [1.807, 2.05) is 80.1 Å². The molecule has 1 saturated heterocycles. The number of anilines is 1. The Labute approximate surface area is 209 Å². The summed E-state index contributed by atoms with van der Waals surface area (Å²) in [5, 5.41) is 0.588. The number of carbonyl (C=O) groups is 3. The fourth-order valence-corrected chi connectivity index (χ4v) is 4.81. The van der Waals surface area contributed by atoms with Crippen molar-refractivity contribution >= 4 is 29.2 Å². The van der Waals surface area contributed by atoms with Gasteiger partial charge in [-0.15, -0.1) is 5.06 Å². The van der Waals surface area contributed by atoms with Crippen LogP contribution in [0, 0.1) is 5.92 Å². The van der Waals surface area contributed by atoms with Gasteiger partial charge in [-0.25, -0.2) is 9.37 Å². The number of hydrogen-bond acceptors (Lipinski definition) is 6. The highest BCUT2D eigenvalue weighted by atomic mass is 16.7. The van der Waals surface area contributed by atoms with Crippen LogP contribution in [0.15, 0.2) is 66.5 Å². The zero-order valence-corrected chi connectivity index (χ0v) is 20.7. The predicted octanol–water partition coefficient (Wildman–Crippen LogP) is 3.28. The highest BCUT2D eigenvalue weighted by Gasteiger charge is 2.40. The number of carbonyl (C=O) groups excluding carboxylic acids is 3. The molecule has 0 spiro atoms. The van der Waals surface area contributed by atoms with Gasteiger partial charge in [0.05, 0.1) is 5.56 Å². The lowest BCUT2D eigenvalue weighted by Gasteiger charge is -2.36. The first-order valence-corrected chi connectivity index (χ1v) is 11.8. The second kappa shape index (κ2) is 9.11. The van der Waals surface area contributed by atoms with Crippen LogP contribution >= 0.6 is 0 Å². The molecule has 2 amide bonds. The first-order chi connectivity index (χ1) is 17.2. The van der Waals surface area contributed by atoms with Crippen molar-refractivity contribution in [3.63, 3.8) is 0 Å². The highest BCUT2D eigenvalue weighted by Crippen LogP contribution is 2.49. The number of benzene rings is 2. The minimum absolute atomic E-state index is 0.0427. The van der Waals surface area contributed by atoms with Crippen LogP contribution in [0.5, 0.6) is 5.75 Å². The molecular formula is C28H28N3O5+. The molecule has 0 aromatic heterocycles. The standard InChI is InChI=1S/C28H28N3O5/c1-29(2)17-9-11-21-23(15-17)35-24-16-18(30(3)4)10-12-22(24)27(21)19-7-5-6-8-20(19)28(34)36-31-25(32)13-14-26(31)33/h5-12,15-16,21,27H,13-14H2,1-4H3/q+1. The van der Waals surface area contributed by atoms with E-state index in [-0.39, 0.29) is 24.7 Å². The number of fused-ring (bicyclic) bond motifs is 2. The second-order valence-electron chi connectivity index (χ2n) is 9.50. The van der Waals surface area contributed by atoms with Crippen LogP contribution in [-0.4, -0.2) is 61.3 Å². The van der Waals surface area contributed by atoms with Crippen molar-refractivity contribution in [3.8, 4) is 5.75 Å². The fourth-order valence-electron chi connectivity index (χ4n) is 4.81. The zero-order valence-electron chi connectivity index (χ0n) is 20.7. The van der Waals surface area contributed by atoms with Crippen molar-refractivity contribution in [2.24, 2.45) is 5.92 Å². The topological polar surface area (TPSA) is 79.2 Å². The molecule has 0 bridgehead atoms. The zero-order chi connectivity index (χ0) is 25.6. The van der Waals surface area contributed by atoms with E-state index in [0.717, 1.165) is 34.0 Å². The third kappa shape index (κ3) is 4.08. The second-order valence-corrected chi connectivity index (χ2v) is 9.50. The smallest absolute Gasteiger partial charge is 0.364 e. The van der Waals surface area contributed by atoms with Crippen LogP contribution in [0.1, 0.15) is 40.2 Å². The Morgan fingerprint density at radius 2 is 1.78 bits per heavy atom. The maximum absolute atomic E-state index is 13.3. The van der Waals surface area contributed by atoms with E-state index in [4.69, 9.17) is 9.57 Å². The molecule has 1 fully saturated rings. The largest absolute Gasteiger partial charge is 0.460 e. The lowest BCUT2D eigenvalue weighted by molar-refractivity contribution is -0.462. The summed E-state index contributed by atoms with van der Waals surface area (Å²) in [4.78, 5) is 44.7. The van der Waals surface area contributed by atoms with Crippen molar-refractivity contribution in [3.05, 3.63) is 83.1 Å². The predicted molar refractivity (Wildman–Crippen MR) is 134 cm³/mol. The fraction of sp³-hybridized carbons (Fsp3) is 0.286. The van der Waals surface area contributed by atoms with E-state index < -0.39 is 17.8 Å². The molecule has 2 aromatic rings. The maximum atomic E-state index is 13.3. The molecule has 8 nitrogen and oxygen atoms in total. The van der Waals surface area contributed by atoms with Gasteiger partial charge in [-0.05, 0) is 17.7 Å². The lowest BCUT2D eigenvalue weighted by atomic mass is 9.74. The average molecular weight is 487 g/mol. The Bertz CT molecular complexity index is 1350. The van der Waals surface area contributed by atoms with E-state index in [0.29, 0.717) is 10.6 Å². The molecule has 2 unspecified atom stereocenters. The Morgan fingerprint density at radius 1 is 1.06 bits per heavy atom. The third-order valence-corrected chi connectivity index (χ3v) is 6.74. The number of hydroxylamine groups is 2. The Kier molecular flexibility index (Phi) is 5.96. The molecule has 36 heavy (non-hydrogen) atoms. The normalized spacial score (nSPS) is 20.4. The molecule has 2 heterocycles. The van der Waals surface area contributed by atoms with Crippen LogP contribution in [0.25, 0.3) is 0 Å². The summed E-state index contributed by atoms with van der Waals surface area (Å²) in [5.74, 6) is -0.660. The molecular weight excluding hydrogens is 458 g/mol. The average Bonchev–Trinajstić information content (AvgIpc) is 3.18. The third-order valence-electron chi connectivity index (χ3n) is 6.74. The summed E-state index contributed by atoms with van der Waals surface area (Å²) in [7, 11) is 7.89. The molecule has 0 N–H and O–H groups in total. The van der Waals surface area contributed by atoms with Crippen LogP contribution in [0.2, 0.25) is 0 Å². The number of amides is 2. The quantitative estimate of drug-likeness (QED) is 0.488. The van der Waals surface area contributed by atoms with E-state index >= 15 is 0 Å². The summed E-state index contributed by atoms with van der Waals surface area (Å²) in [6.45, 7) is 0. The number of allylic oxidation sites excluding steroid dienone is 3. The summed E-state index contributed by atoms with van der Waals surface area (Å²) in [6.07, 6.45) is 6.24. The molecule has 1 aliphatic carbocycles. The van der Waals surface area contributed by atoms with Crippen LogP contribution < -0.4 is 9.64 Å². The molecule has 5 rings (SSSR count). The number of hydrogen-bond donors (Lipinski definition) is 0. The Balaban J connectivity index is 1.62. The van der Waals surface area contributed by atoms with Crippen LogP contribution in [0.4, 0.5) is 5.69 Å². The molecule has 2 aliphatic heterocycles. The molecule has 2 aromatic carbocycles. The number of nitrogens with zero attached hydrogens (tertiary/aromatic N) is 3. The molecule has 184 valence electrons. The Morgan fingerprint density at radius 3 is 2.47 bits per heavy atom. The highest BCUT2D eigenvalue weighted by molar-refractivity contribution is 6.03. The summed E-state index contributed by atoms with van der Waals surface area (Å²) < 4.78 is 8.43. The van der Waals surface area contributed by atoms with E-state index in [9.17, 15) is 14.4 Å². The minimum atomic E-state index is -0.738. The molecule has 0 radical (unpaired) electrons. The van der Waals surface area contributed by atoms with Gasteiger partial charge in [0, 0.05) is 68.2 Å². The van der Waals surface area contributed by atoms with Crippen molar-refractivity contribution in [2.45, 2.75) is 18.8 Å². The van der Waals surface area contributed by atoms with Gasteiger partial charge >= 0.3 is 5.97 Å². The molecule has 0 saturated carbocycles. The van der Waals surface area contributed by atoms with Crippen molar-refractivity contribution in [1.82, 2.24) is 5.06 Å². The van der Waals surface area contributed by atoms with Crippen molar-refractivity contribution in [2.75, 3.05) is 33.1 Å². The summed E-state index contributed by atoms with van der Waals surface area (Å²) in [5.41, 5.74) is 3.97. The van der Waals surface area contributed by atoms with Gasteiger partial charge in [0.1, 0.15) is 25.6 Å². The van der Waals surface area contributed by atoms with Gasteiger partial charge < -0.3 is 14.5 Å². The monoisotopic (exact) mass is 486 g/mol. The maximum Gasteiger partial charge on any atom is 0.364 e. The van der Waals surface area contributed by atoms with Gasteiger partial charge in [0.15, 0.2) is 0 Å². The number of ether oxygens (including phenoxy) is 1. The van der Waals surface area contributed by atoms with Gasteiger partial charge in [0.25, 0.3) is 11.8 Å². The molecule has 8 heteroatoms. The van der Waals surface area contributed by atoms with Gasteiger partial charge in [0.2, 0.25) is 5.71 Å². The van der Waals surface area contributed by atoms with Crippen LogP contribution in [0.3, 0.4) is 0 Å². The number of imide groups is 1. The number of rotatable bonds is 4. The SMILES string of the molecule is CN(C)c1ccc2c(c1)OC1=CC(=[N+](C)C)C=CC1C2c1ccccc1C(=O)ON1C(=O)CCC1=O. The Hall–Kier alpha value is -4.20. The summed E-state index contributed by atoms with van der Waals surface area (Å²) in [6, 6.07) is 13.2. The van der Waals surface area contributed by atoms with Gasteiger partial charge in [-0.2, -0.15) is 0 Å². The summed E-state index contributed by atoms with van der Waals surface area (Å²) >= 11 is 0. The van der Waals surface area contributed by atoms with Crippen LogP contribution in [-0.2, 0) is 14.4 Å². The van der Waals surface area contributed by atoms with Gasteiger partial charge in [-0.3, -0.25) is 9.59 Å². The minimum Gasteiger partial charge on any atom is -0.460 e. The first kappa shape index (κ1) is 23.5. The van der Waals surface area contributed by atoms with Gasteiger partial charge in [-0.1, -0.05) is 30.3 Å². The lowest BCUT2D eigenvalue weighted by Crippen LogP contribution is -2.33. The van der Waals surface area contributed by atoms with E-state index in [1.165, 1.54) is 0 Å². The van der Waals surface area contributed by atoms with Crippen molar-refractivity contribution < 1.29 is 28.5 Å². The van der Waals surface area contributed by atoms with E-state index in [2.05, 4.69) is 6.08 Å². The van der Waals surface area contributed by atoms with E-state index in [1.54, 1.807) is 12.1 Å². The van der Waals surface area contributed by atoms with Crippen molar-refractivity contribution in [1.29, 1.82) is 0 Å². The molecule has 2 atom stereocenters. The molecule has 3 aliphatic rings. The first-order valence-electron chi connectivity index (χ1n) is 11.8.